The van der Waals surface area contributed by atoms with E-state index in [4.69, 9.17) is 17.3 Å². The van der Waals surface area contributed by atoms with E-state index in [2.05, 4.69) is 22.6 Å². The van der Waals surface area contributed by atoms with Crippen LogP contribution >= 0.6 is 34.2 Å². The highest BCUT2D eigenvalue weighted by molar-refractivity contribution is 14.1. The summed E-state index contributed by atoms with van der Waals surface area (Å²) in [4.78, 5) is 0. The molecule has 0 fully saturated rings. The zero-order valence-corrected chi connectivity index (χ0v) is 13.6. The van der Waals surface area contributed by atoms with Gasteiger partial charge in [0.2, 0.25) is 0 Å². The molecule has 0 aromatic heterocycles. The highest BCUT2D eigenvalue weighted by atomic mass is 127. The lowest BCUT2D eigenvalue weighted by molar-refractivity contribution is 0.623. The van der Waals surface area contributed by atoms with Crippen LogP contribution in [0.4, 0.5) is 4.39 Å². The molecule has 1 unspecified atom stereocenters. The van der Waals surface area contributed by atoms with Crippen molar-refractivity contribution < 1.29 is 4.39 Å². The van der Waals surface area contributed by atoms with Crippen LogP contribution in [0.1, 0.15) is 28.3 Å². The Morgan fingerprint density at radius 1 is 1.16 bits per heavy atom. The van der Waals surface area contributed by atoms with Gasteiger partial charge in [0, 0.05) is 3.57 Å². The third-order valence-corrected chi connectivity index (χ3v) is 4.74. The second-order valence-corrected chi connectivity index (χ2v) is 6.17. The van der Waals surface area contributed by atoms with E-state index in [1.165, 1.54) is 12.1 Å². The lowest BCUT2D eigenvalue weighted by Gasteiger charge is -2.18. The van der Waals surface area contributed by atoms with E-state index in [-0.39, 0.29) is 11.9 Å². The first kappa shape index (κ1) is 14.8. The minimum Gasteiger partial charge on any atom is -0.320 e. The first-order chi connectivity index (χ1) is 8.90. The molecule has 0 aliphatic carbocycles. The molecule has 2 N–H and O–H groups in total. The van der Waals surface area contributed by atoms with Gasteiger partial charge in [0.05, 0.1) is 11.1 Å². The van der Waals surface area contributed by atoms with Crippen LogP contribution in [0.15, 0.2) is 30.3 Å². The summed E-state index contributed by atoms with van der Waals surface area (Å²) in [5.74, 6) is -0.230. The summed E-state index contributed by atoms with van der Waals surface area (Å²) in [6.07, 6.45) is 0. The van der Waals surface area contributed by atoms with Gasteiger partial charge in [-0.1, -0.05) is 17.7 Å². The molecule has 0 aliphatic rings. The molecule has 0 spiro atoms. The maximum absolute atomic E-state index is 13.3. The van der Waals surface area contributed by atoms with Crippen molar-refractivity contribution >= 4 is 34.2 Å². The van der Waals surface area contributed by atoms with Crippen LogP contribution in [-0.2, 0) is 0 Å². The van der Waals surface area contributed by atoms with Gasteiger partial charge in [0.15, 0.2) is 0 Å². The van der Waals surface area contributed by atoms with Gasteiger partial charge in [-0.3, -0.25) is 0 Å². The minimum absolute atomic E-state index is 0.230. The van der Waals surface area contributed by atoms with Crippen molar-refractivity contribution in [2.45, 2.75) is 19.9 Å². The average Bonchev–Trinajstić information content (AvgIpc) is 2.31. The van der Waals surface area contributed by atoms with Crippen LogP contribution in [-0.4, -0.2) is 0 Å². The molecule has 0 saturated heterocycles. The summed E-state index contributed by atoms with van der Waals surface area (Å²) in [6.45, 7) is 3.75. The second kappa shape index (κ2) is 5.77. The third-order valence-electron chi connectivity index (χ3n) is 3.17. The zero-order valence-electron chi connectivity index (χ0n) is 10.7. The summed E-state index contributed by atoms with van der Waals surface area (Å²) < 4.78 is 14.3. The van der Waals surface area contributed by atoms with E-state index < -0.39 is 0 Å². The molecular weight excluding hydrogens is 376 g/mol. The highest BCUT2D eigenvalue weighted by Gasteiger charge is 2.16. The fraction of sp³-hybridized carbons (Fsp3) is 0.200. The number of nitrogens with two attached hydrogens (primary N) is 1. The molecule has 0 bridgehead atoms. The Hall–Kier alpha value is -0.650. The molecule has 0 amide bonds. The van der Waals surface area contributed by atoms with Crippen LogP contribution in [0.5, 0.6) is 0 Å². The van der Waals surface area contributed by atoms with E-state index in [9.17, 15) is 4.39 Å². The predicted octanol–water partition coefficient (Wildman–Crippen LogP) is 4.75. The number of rotatable bonds is 2. The van der Waals surface area contributed by atoms with Crippen molar-refractivity contribution in [1.29, 1.82) is 0 Å². The Morgan fingerprint density at radius 3 is 2.26 bits per heavy atom. The van der Waals surface area contributed by atoms with E-state index in [0.717, 1.165) is 25.8 Å². The number of hydrogen-bond donors (Lipinski definition) is 1. The van der Waals surface area contributed by atoms with Crippen molar-refractivity contribution in [1.82, 2.24) is 0 Å². The van der Waals surface area contributed by atoms with E-state index in [1.807, 2.05) is 32.0 Å². The fourth-order valence-corrected chi connectivity index (χ4v) is 2.81. The SMILES string of the molecule is Cc1cc(F)cc(C)c1C(N)c1ccc(I)c(Cl)c1. The Balaban J connectivity index is 2.49. The van der Waals surface area contributed by atoms with Crippen molar-refractivity contribution in [2.75, 3.05) is 0 Å². The summed E-state index contributed by atoms with van der Waals surface area (Å²) >= 11 is 8.30. The smallest absolute Gasteiger partial charge is 0.123 e. The minimum atomic E-state index is -0.296. The van der Waals surface area contributed by atoms with E-state index in [1.54, 1.807) is 0 Å². The maximum atomic E-state index is 13.3. The topological polar surface area (TPSA) is 26.0 Å². The van der Waals surface area contributed by atoms with Gasteiger partial charge in [0.1, 0.15) is 5.82 Å². The largest absolute Gasteiger partial charge is 0.320 e. The zero-order chi connectivity index (χ0) is 14.2. The standard InChI is InChI=1S/C15H14ClFIN/c1-8-5-11(17)6-9(2)14(8)15(19)10-3-4-13(18)12(16)7-10/h3-7,15H,19H2,1-2H3. The van der Waals surface area contributed by atoms with E-state index in [0.29, 0.717) is 5.02 Å². The van der Waals surface area contributed by atoms with Crippen LogP contribution in [0.25, 0.3) is 0 Å². The van der Waals surface area contributed by atoms with Gasteiger partial charge < -0.3 is 5.73 Å². The van der Waals surface area contributed by atoms with Crippen molar-refractivity contribution in [3.8, 4) is 0 Å². The van der Waals surface area contributed by atoms with Crippen LogP contribution in [0.2, 0.25) is 5.02 Å². The second-order valence-electron chi connectivity index (χ2n) is 4.60. The van der Waals surface area contributed by atoms with Crippen LogP contribution in [0, 0.1) is 23.2 Å². The van der Waals surface area contributed by atoms with E-state index >= 15 is 0 Å². The fourth-order valence-electron chi connectivity index (χ4n) is 2.28. The van der Waals surface area contributed by atoms with Crippen molar-refractivity contribution in [3.05, 3.63) is 67.0 Å². The predicted molar refractivity (Wildman–Crippen MR) is 86.1 cm³/mol. The number of halogens is 3. The molecule has 0 aliphatic heterocycles. The molecule has 0 saturated carbocycles. The average molecular weight is 390 g/mol. The van der Waals surface area contributed by atoms with Crippen LogP contribution in [0.3, 0.4) is 0 Å². The number of benzene rings is 2. The van der Waals surface area contributed by atoms with Gasteiger partial charge in [-0.05, 0) is 83.0 Å². The van der Waals surface area contributed by atoms with Gasteiger partial charge in [-0.25, -0.2) is 4.39 Å². The monoisotopic (exact) mass is 389 g/mol. The number of aryl methyl sites for hydroxylation is 2. The summed E-state index contributed by atoms with van der Waals surface area (Å²) in [5, 5.41) is 0.686. The molecule has 1 atom stereocenters. The molecule has 1 nitrogen and oxygen atoms in total. The molecule has 2 aromatic rings. The molecule has 19 heavy (non-hydrogen) atoms. The van der Waals surface area contributed by atoms with Gasteiger partial charge in [0.25, 0.3) is 0 Å². The third kappa shape index (κ3) is 3.09. The molecule has 4 heteroatoms. The van der Waals surface area contributed by atoms with Crippen LogP contribution < -0.4 is 5.73 Å². The van der Waals surface area contributed by atoms with Gasteiger partial charge >= 0.3 is 0 Å². The Kier molecular flexibility index (Phi) is 4.48. The molecule has 0 radical (unpaired) electrons. The van der Waals surface area contributed by atoms with Crippen molar-refractivity contribution in [3.63, 3.8) is 0 Å². The Bertz CT molecular complexity index is 605. The summed E-state index contributed by atoms with van der Waals surface area (Å²) in [6, 6.07) is 8.49. The van der Waals surface area contributed by atoms with Crippen molar-refractivity contribution in [2.24, 2.45) is 5.73 Å². The summed E-state index contributed by atoms with van der Waals surface area (Å²) in [5.41, 5.74) is 9.92. The Morgan fingerprint density at radius 2 is 1.74 bits per heavy atom. The molecule has 2 aromatic carbocycles. The molecular formula is C15H14ClFIN. The Labute approximate surface area is 131 Å². The van der Waals surface area contributed by atoms with Gasteiger partial charge in [-0.2, -0.15) is 0 Å². The lowest BCUT2D eigenvalue weighted by atomic mass is 9.92. The maximum Gasteiger partial charge on any atom is 0.123 e. The molecule has 100 valence electrons. The normalized spacial score (nSPS) is 12.5. The molecule has 2 rings (SSSR count). The lowest BCUT2D eigenvalue weighted by Crippen LogP contribution is -2.15. The quantitative estimate of drug-likeness (QED) is 0.737. The number of hydrogen-bond acceptors (Lipinski definition) is 1. The highest BCUT2D eigenvalue weighted by Crippen LogP contribution is 2.29. The molecule has 0 heterocycles. The first-order valence-corrected chi connectivity index (χ1v) is 7.33. The van der Waals surface area contributed by atoms with Gasteiger partial charge in [-0.15, -0.1) is 0 Å². The first-order valence-electron chi connectivity index (χ1n) is 5.87. The summed E-state index contributed by atoms with van der Waals surface area (Å²) in [7, 11) is 0.